The average molecular weight is 230 g/mol. The number of H-pyrrole nitrogens is 1. The van der Waals surface area contributed by atoms with Gasteiger partial charge >= 0.3 is 0 Å². The van der Waals surface area contributed by atoms with Crippen LogP contribution in [0.1, 0.15) is 29.0 Å². The molecule has 0 radical (unpaired) electrons. The molecule has 17 heavy (non-hydrogen) atoms. The van der Waals surface area contributed by atoms with Crippen LogP contribution < -0.4 is 11.1 Å². The van der Waals surface area contributed by atoms with E-state index >= 15 is 0 Å². The smallest absolute Gasteiger partial charge is 0.248 e. The molecule has 5 heteroatoms. The van der Waals surface area contributed by atoms with Crippen LogP contribution in [-0.2, 0) is 0 Å². The van der Waals surface area contributed by atoms with Gasteiger partial charge in [-0.3, -0.25) is 9.89 Å². The van der Waals surface area contributed by atoms with E-state index in [-0.39, 0.29) is 6.04 Å². The Morgan fingerprint density at radius 1 is 1.35 bits per heavy atom. The summed E-state index contributed by atoms with van der Waals surface area (Å²) in [5, 5.41) is 10.1. The van der Waals surface area contributed by atoms with Crippen molar-refractivity contribution in [3.05, 3.63) is 47.8 Å². The molecule has 1 unspecified atom stereocenters. The number of anilines is 1. The summed E-state index contributed by atoms with van der Waals surface area (Å²) >= 11 is 0. The number of nitrogens with two attached hydrogens (primary N) is 1. The molecule has 1 atom stereocenters. The summed E-state index contributed by atoms with van der Waals surface area (Å²) in [7, 11) is 0. The van der Waals surface area contributed by atoms with Gasteiger partial charge < -0.3 is 11.1 Å². The maximum atomic E-state index is 10.9. The van der Waals surface area contributed by atoms with Crippen molar-refractivity contribution in [2.45, 2.75) is 13.0 Å². The first-order valence-electron chi connectivity index (χ1n) is 5.32. The van der Waals surface area contributed by atoms with Gasteiger partial charge in [-0.05, 0) is 37.3 Å². The van der Waals surface area contributed by atoms with Crippen LogP contribution in [0.25, 0.3) is 0 Å². The van der Waals surface area contributed by atoms with Gasteiger partial charge in [0.05, 0.1) is 11.7 Å². The Kier molecular flexibility index (Phi) is 3.09. The van der Waals surface area contributed by atoms with Crippen molar-refractivity contribution in [3.8, 4) is 0 Å². The molecule has 0 saturated carbocycles. The number of aromatic amines is 1. The summed E-state index contributed by atoms with van der Waals surface area (Å²) < 4.78 is 0. The molecule has 0 bridgehead atoms. The van der Waals surface area contributed by atoms with E-state index in [1.165, 1.54) is 0 Å². The average Bonchev–Trinajstić information content (AvgIpc) is 2.83. The zero-order chi connectivity index (χ0) is 12.3. The Labute approximate surface area is 99.0 Å². The first-order chi connectivity index (χ1) is 8.16. The van der Waals surface area contributed by atoms with E-state index in [0.717, 1.165) is 11.4 Å². The van der Waals surface area contributed by atoms with E-state index in [1.54, 1.807) is 18.3 Å². The van der Waals surface area contributed by atoms with Crippen molar-refractivity contribution in [2.75, 3.05) is 5.32 Å². The Bertz CT molecular complexity index is 490. The molecule has 1 amide bonds. The number of carbonyl (C=O) groups is 1. The second-order valence-corrected chi connectivity index (χ2v) is 3.82. The van der Waals surface area contributed by atoms with Crippen LogP contribution >= 0.6 is 0 Å². The van der Waals surface area contributed by atoms with Crippen LogP contribution in [0.2, 0.25) is 0 Å². The summed E-state index contributed by atoms with van der Waals surface area (Å²) in [6.07, 6.45) is 1.71. The summed E-state index contributed by atoms with van der Waals surface area (Å²) in [6, 6.07) is 9.08. The number of amides is 1. The van der Waals surface area contributed by atoms with Gasteiger partial charge in [0.15, 0.2) is 0 Å². The molecule has 2 aromatic rings. The normalized spacial score (nSPS) is 12.1. The van der Waals surface area contributed by atoms with Gasteiger partial charge in [0, 0.05) is 17.4 Å². The topological polar surface area (TPSA) is 83.8 Å². The van der Waals surface area contributed by atoms with E-state index in [0.29, 0.717) is 5.56 Å². The van der Waals surface area contributed by atoms with Crippen LogP contribution in [0.15, 0.2) is 36.5 Å². The summed E-state index contributed by atoms with van der Waals surface area (Å²) in [5.74, 6) is -0.418. The third kappa shape index (κ3) is 2.63. The maximum Gasteiger partial charge on any atom is 0.248 e. The Balaban J connectivity index is 2.06. The zero-order valence-electron chi connectivity index (χ0n) is 9.47. The number of nitrogens with one attached hydrogen (secondary N) is 2. The largest absolute Gasteiger partial charge is 0.377 e. The van der Waals surface area contributed by atoms with Crippen molar-refractivity contribution in [1.29, 1.82) is 0 Å². The van der Waals surface area contributed by atoms with Gasteiger partial charge in [0.25, 0.3) is 0 Å². The van der Waals surface area contributed by atoms with Crippen molar-refractivity contribution in [1.82, 2.24) is 10.2 Å². The van der Waals surface area contributed by atoms with Gasteiger partial charge in [-0.25, -0.2) is 0 Å². The second-order valence-electron chi connectivity index (χ2n) is 3.82. The van der Waals surface area contributed by atoms with Crippen molar-refractivity contribution in [3.63, 3.8) is 0 Å². The van der Waals surface area contributed by atoms with Gasteiger partial charge in [-0.15, -0.1) is 0 Å². The van der Waals surface area contributed by atoms with Gasteiger partial charge in [-0.2, -0.15) is 5.10 Å². The lowest BCUT2D eigenvalue weighted by Gasteiger charge is -2.13. The monoisotopic (exact) mass is 230 g/mol. The predicted octanol–water partition coefficient (Wildman–Crippen LogP) is 1.68. The molecular formula is C12H14N4O. The quantitative estimate of drug-likeness (QED) is 0.747. The highest BCUT2D eigenvalue weighted by Gasteiger charge is 2.06. The Morgan fingerprint density at radius 3 is 2.59 bits per heavy atom. The first-order valence-corrected chi connectivity index (χ1v) is 5.32. The molecule has 0 saturated heterocycles. The molecule has 1 heterocycles. The Hall–Kier alpha value is -2.30. The van der Waals surface area contributed by atoms with Crippen molar-refractivity contribution in [2.24, 2.45) is 5.73 Å². The van der Waals surface area contributed by atoms with Crippen molar-refractivity contribution >= 4 is 11.6 Å². The molecule has 88 valence electrons. The minimum absolute atomic E-state index is 0.122. The lowest BCUT2D eigenvalue weighted by Crippen LogP contribution is -2.11. The fourth-order valence-electron chi connectivity index (χ4n) is 1.57. The molecule has 0 aliphatic carbocycles. The summed E-state index contributed by atoms with van der Waals surface area (Å²) in [6.45, 7) is 2.02. The number of carbonyl (C=O) groups excluding carboxylic acids is 1. The molecule has 0 aliphatic rings. The maximum absolute atomic E-state index is 10.9. The molecule has 2 rings (SSSR count). The lowest BCUT2D eigenvalue weighted by atomic mass is 10.1. The number of hydrogen-bond acceptors (Lipinski definition) is 3. The molecule has 1 aromatic heterocycles. The van der Waals surface area contributed by atoms with Crippen LogP contribution in [-0.4, -0.2) is 16.1 Å². The molecular weight excluding hydrogens is 216 g/mol. The van der Waals surface area contributed by atoms with E-state index in [9.17, 15) is 4.79 Å². The predicted molar refractivity (Wildman–Crippen MR) is 65.6 cm³/mol. The molecule has 0 aliphatic heterocycles. The second kappa shape index (κ2) is 4.69. The highest BCUT2D eigenvalue weighted by Crippen LogP contribution is 2.17. The summed E-state index contributed by atoms with van der Waals surface area (Å²) in [5.41, 5.74) is 7.61. The van der Waals surface area contributed by atoms with Gasteiger partial charge in [0.2, 0.25) is 5.91 Å². The number of hydrogen-bond donors (Lipinski definition) is 3. The zero-order valence-corrected chi connectivity index (χ0v) is 9.47. The molecule has 5 nitrogen and oxygen atoms in total. The molecule has 0 spiro atoms. The van der Waals surface area contributed by atoms with E-state index < -0.39 is 5.91 Å². The molecule has 1 aromatic carbocycles. The highest BCUT2D eigenvalue weighted by atomic mass is 16.1. The highest BCUT2D eigenvalue weighted by molar-refractivity contribution is 5.93. The third-order valence-corrected chi connectivity index (χ3v) is 2.54. The van der Waals surface area contributed by atoms with Crippen molar-refractivity contribution < 1.29 is 4.79 Å². The van der Waals surface area contributed by atoms with Crippen LogP contribution in [0.3, 0.4) is 0 Å². The number of nitrogens with zero attached hydrogens (tertiary/aromatic N) is 1. The minimum Gasteiger partial charge on any atom is -0.377 e. The SMILES string of the molecule is CC(Nc1ccc(C(N)=O)cc1)c1ccn[nH]1. The third-order valence-electron chi connectivity index (χ3n) is 2.54. The van der Waals surface area contributed by atoms with Crippen LogP contribution in [0, 0.1) is 0 Å². The standard InChI is InChI=1S/C12H14N4O/c1-8(11-6-7-14-16-11)15-10-4-2-9(3-5-10)12(13)17/h2-8,15H,1H3,(H2,13,17)(H,14,16). The van der Waals surface area contributed by atoms with Gasteiger partial charge in [-0.1, -0.05) is 0 Å². The molecule has 0 fully saturated rings. The fourth-order valence-corrected chi connectivity index (χ4v) is 1.57. The molecule has 4 N–H and O–H groups in total. The number of aromatic nitrogens is 2. The van der Waals surface area contributed by atoms with E-state index in [1.807, 2.05) is 25.1 Å². The van der Waals surface area contributed by atoms with Crippen LogP contribution in [0.4, 0.5) is 5.69 Å². The fraction of sp³-hybridized carbons (Fsp3) is 0.167. The van der Waals surface area contributed by atoms with E-state index in [4.69, 9.17) is 5.73 Å². The Morgan fingerprint density at radius 2 is 2.06 bits per heavy atom. The number of primary amides is 1. The lowest BCUT2D eigenvalue weighted by molar-refractivity contribution is 0.100. The first kappa shape index (κ1) is 11.2. The van der Waals surface area contributed by atoms with Gasteiger partial charge in [0.1, 0.15) is 0 Å². The minimum atomic E-state index is -0.418. The van der Waals surface area contributed by atoms with E-state index in [2.05, 4.69) is 15.5 Å². The summed E-state index contributed by atoms with van der Waals surface area (Å²) in [4.78, 5) is 10.9. The number of benzene rings is 1. The number of rotatable bonds is 4. The van der Waals surface area contributed by atoms with Crippen LogP contribution in [0.5, 0.6) is 0 Å².